The molecule has 0 aliphatic rings. The zero-order valence-electron chi connectivity index (χ0n) is 8.71. The molecule has 0 amide bonds. The van der Waals surface area contributed by atoms with Crippen molar-refractivity contribution in [2.75, 3.05) is 0 Å². The largest absolute Gasteiger partial charge is 0.324 e. The number of rotatable bonds is 3. The molecule has 5 heteroatoms. The van der Waals surface area contributed by atoms with Gasteiger partial charge in [-0.3, -0.25) is 4.98 Å². The summed E-state index contributed by atoms with van der Waals surface area (Å²) in [5.74, 6) is 0.354. The molecule has 0 radical (unpaired) electrons. The molecule has 2 atom stereocenters. The summed E-state index contributed by atoms with van der Waals surface area (Å²) >= 11 is 12.0. The summed E-state index contributed by atoms with van der Waals surface area (Å²) in [5, 5.41) is 1.09. The average molecular weight is 270 g/mol. The van der Waals surface area contributed by atoms with Gasteiger partial charge in [0, 0.05) is 24.0 Å². The van der Waals surface area contributed by atoms with Crippen LogP contribution >= 0.6 is 35.6 Å². The highest BCUT2D eigenvalue weighted by atomic mass is 35.5. The van der Waals surface area contributed by atoms with Gasteiger partial charge in [0.25, 0.3) is 0 Å². The maximum absolute atomic E-state index is 6.05. The molecule has 1 rings (SSSR count). The Morgan fingerprint density at radius 3 is 2.20 bits per heavy atom. The van der Waals surface area contributed by atoms with Gasteiger partial charge in [-0.05, 0) is 5.92 Å². The molecular formula is C10H15Cl3N2. The van der Waals surface area contributed by atoms with Crippen molar-refractivity contribution in [3.05, 3.63) is 28.0 Å². The molecule has 0 saturated heterocycles. The van der Waals surface area contributed by atoms with Crippen LogP contribution in [0.3, 0.4) is 0 Å². The number of halogens is 3. The third-order valence-corrected chi connectivity index (χ3v) is 3.08. The van der Waals surface area contributed by atoms with Gasteiger partial charge in [-0.25, -0.2) is 0 Å². The first kappa shape index (κ1) is 15.0. The van der Waals surface area contributed by atoms with Crippen LogP contribution in [0.15, 0.2) is 12.4 Å². The number of aromatic nitrogens is 1. The Kier molecular flexibility index (Phi) is 6.53. The molecule has 0 saturated carbocycles. The third kappa shape index (κ3) is 3.49. The third-order valence-electron chi connectivity index (χ3n) is 2.48. The molecule has 0 aliphatic heterocycles. The van der Waals surface area contributed by atoms with Crippen molar-refractivity contribution in [3.63, 3.8) is 0 Å². The lowest BCUT2D eigenvalue weighted by atomic mass is 9.94. The van der Waals surface area contributed by atoms with Crippen LogP contribution in [0.1, 0.15) is 31.9 Å². The van der Waals surface area contributed by atoms with E-state index in [1.165, 1.54) is 0 Å². The first-order valence-electron chi connectivity index (χ1n) is 4.62. The Morgan fingerprint density at radius 2 is 1.80 bits per heavy atom. The van der Waals surface area contributed by atoms with Crippen LogP contribution < -0.4 is 5.73 Å². The molecule has 1 aromatic rings. The van der Waals surface area contributed by atoms with E-state index in [0.29, 0.717) is 16.0 Å². The van der Waals surface area contributed by atoms with Gasteiger partial charge in [0.2, 0.25) is 0 Å². The fourth-order valence-electron chi connectivity index (χ4n) is 1.28. The Labute approximate surface area is 107 Å². The zero-order chi connectivity index (χ0) is 10.7. The Hall–Kier alpha value is -0.0200. The van der Waals surface area contributed by atoms with E-state index in [0.717, 1.165) is 12.0 Å². The maximum Gasteiger partial charge on any atom is 0.0652 e. The van der Waals surface area contributed by atoms with Crippen molar-refractivity contribution in [2.24, 2.45) is 11.7 Å². The standard InChI is InChI=1S/C10H14Cl2N2.ClH/c1-3-6(2)10(13)9-7(11)4-14-5-8(9)12;/h4-6,10H,3,13H2,1-2H3;1H/t6?,10-;/m1./s1. The summed E-state index contributed by atoms with van der Waals surface area (Å²) in [6, 6.07) is -0.122. The zero-order valence-corrected chi connectivity index (χ0v) is 11.0. The van der Waals surface area contributed by atoms with E-state index in [1.807, 2.05) is 0 Å². The topological polar surface area (TPSA) is 38.9 Å². The lowest BCUT2D eigenvalue weighted by molar-refractivity contribution is 0.457. The molecule has 1 heterocycles. The van der Waals surface area contributed by atoms with Gasteiger partial charge in [-0.2, -0.15) is 0 Å². The van der Waals surface area contributed by atoms with Gasteiger partial charge in [0.1, 0.15) is 0 Å². The van der Waals surface area contributed by atoms with Crippen molar-refractivity contribution < 1.29 is 0 Å². The van der Waals surface area contributed by atoms with Crippen molar-refractivity contribution in [2.45, 2.75) is 26.3 Å². The summed E-state index contributed by atoms with van der Waals surface area (Å²) in [5.41, 5.74) is 6.86. The van der Waals surface area contributed by atoms with Gasteiger partial charge in [0.15, 0.2) is 0 Å². The lowest BCUT2D eigenvalue weighted by Gasteiger charge is -2.20. The van der Waals surface area contributed by atoms with Crippen LogP contribution in [0.2, 0.25) is 10.0 Å². The molecule has 0 aliphatic carbocycles. The van der Waals surface area contributed by atoms with Crippen LogP contribution in [-0.2, 0) is 0 Å². The molecule has 0 fully saturated rings. The van der Waals surface area contributed by atoms with Gasteiger partial charge < -0.3 is 5.73 Å². The lowest BCUT2D eigenvalue weighted by Crippen LogP contribution is -2.19. The maximum atomic E-state index is 6.05. The van der Waals surface area contributed by atoms with E-state index in [9.17, 15) is 0 Å². The van der Waals surface area contributed by atoms with Gasteiger partial charge in [-0.15, -0.1) is 12.4 Å². The van der Waals surface area contributed by atoms with Crippen LogP contribution in [0, 0.1) is 5.92 Å². The number of pyridine rings is 1. The van der Waals surface area contributed by atoms with Crippen molar-refractivity contribution >= 4 is 35.6 Å². The molecule has 2 nitrogen and oxygen atoms in total. The fourth-order valence-corrected chi connectivity index (χ4v) is 1.89. The van der Waals surface area contributed by atoms with E-state index >= 15 is 0 Å². The summed E-state index contributed by atoms with van der Waals surface area (Å²) in [6.07, 6.45) is 4.15. The Morgan fingerprint density at radius 1 is 1.33 bits per heavy atom. The molecule has 0 bridgehead atoms. The Balaban J connectivity index is 0.00000196. The predicted octanol–water partition coefficient (Wildman–Crippen LogP) is 3.86. The second-order valence-corrected chi connectivity index (χ2v) is 4.24. The minimum atomic E-state index is -0.122. The van der Waals surface area contributed by atoms with E-state index in [-0.39, 0.29) is 18.4 Å². The van der Waals surface area contributed by atoms with E-state index in [1.54, 1.807) is 12.4 Å². The Bertz CT molecular complexity index is 297. The van der Waals surface area contributed by atoms with Crippen LogP contribution in [0.4, 0.5) is 0 Å². The second kappa shape index (κ2) is 6.54. The normalized spacial score (nSPS) is 14.2. The van der Waals surface area contributed by atoms with E-state index in [4.69, 9.17) is 28.9 Å². The van der Waals surface area contributed by atoms with Crippen molar-refractivity contribution in [3.8, 4) is 0 Å². The first-order chi connectivity index (χ1) is 6.57. The highest BCUT2D eigenvalue weighted by molar-refractivity contribution is 6.35. The van der Waals surface area contributed by atoms with Crippen LogP contribution in [-0.4, -0.2) is 4.98 Å². The second-order valence-electron chi connectivity index (χ2n) is 3.43. The highest BCUT2D eigenvalue weighted by Crippen LogP contribution is 2.32. The minimum Gasteiger partial charge on any atom is -0.324 e. The molecule has 1 aromatic heterocycles. The van der Waals surface area contributed by atoms with E-state index in [2.05, 4.69) is 18.8 Å². The molecule has 86 valence electrons. The monoisotopic (exact) mass is 268 g/mol. The van der Waals surface area contributed by atoms with Gasteiger partial charge >= 0.3 is 0 Å². The number of nitrogens with two attached hydrogens (primary N) is 1. The number of nitrogens with zero attached hydrogens (tertiary/aromatic N) is 1. The fraction of sp³-hybridized carbons (Fsp3) is 0.500. The van der Waals surface area contributed by atoms with Crippen LogP contribution in [0.5, 0.6) is 0 Å². The first-order valence-corrected chi connectivity index (χ1v) is 5.38. The molecule has 0 aromatic carbocycles. The SMILES string of the molecule is CCC(C)[C@@H](N)c1c(Cl)cncc1Cl.Cl. The molecule has 0 spiro atoms. The van der Waals surface area contributed by atoms with Gasteiger partial charge in [-0.1, -0.05) is 43.5 Å². The molecule has 1 unspecified atom stereocenters. The molecule has 15 heavy (non-hydrogen) atoms. The predicted molar refractivity (Wildman–Crippen MR) is 67.9 cm³/mol. The van der Waals surface area contributed by atoms with Crippen LogP contribution in [0.25, 0.3) is 0 Å². The summed E-state index contributed by atoms with van der Waals surface area (Å²) in [7, 11) is 0. The summed E-state index contributed by atoms with van der Waals surface area (Å²) < 4.78 is 0. The molecule has 2 N–H and O–H groups in total. The van der Waals surface area contributed by atoms with Crippen molar-refractivity contribution in [1.29, 1.82) is 0 Å². The quantitative estimate of drug-likeness (QED) is 0.905. The van der Waals surface area contributed by atoms with Gasteiger partial charge in [0.05, 0.1) is 10.0 Å². The summed E-state index contributed by atoms with van der Waals surface area (Å²) in [4.78, 5) is 3.89. The van der Waals surface area contributed by atoms with E-state index < -0.39 is 0 Å². The number of hydrogen-bond acceptors (Lipinski definition) is 2. The minimum absolute atomic E-state index is 0. The smallest absolute Gasteiger partial charge is 0.0652 e. The molecular weight excluding hydrogens is 254 g/mol. The number of hydrogen-bond donors (Lipinski definition) is 1. The van der Waals surface area contributed by atoms with Crippen molar-refractivity contribution in [1.82, 2.24) is 4.98 Å². The highest BCUT2D eigenvalue weighted by Gasteiger charge is 2.19. The average Bonchev–Trinajstić information content (AvgIpc) is 2.16. The summed E-state index contributed by atoms with van der Waals surface area (Å²) in [6.45, 7) is 4.17.